The van der Waals surface area contributed by atoms with E-state index in [-0.39, 0.29) is 0 Å². The summed E-state index contributed by atoms with van der Waals surface area (Å²) in [6.07, 6.45) is 2.17. The second-order valence-electron chi connectivity index (χ2n) is 3.86. The van der Waals surface area contributed by atoms with Crippen molar-refractivity contribution in [3.8, 4) is 0 Å². The van der Waals surface area contributed by atoms with Crippen LogP contribution >= 0.6 is 0 Å². The predicted octanol–water partition coefficient (Wildman–Crippen LogP) is 1.27. The van der Waals surface area contributed by atoms with Gasteiger partial charge in [0.25, 0.3) is 0 Å². The largest absolute Gasteiger partial charge is 0.379 e. The fourth-order valence-corrected chi connectivity index (χ4v) is 3.19. The van der Waals surface area contributed by atoms with Crippen LogP contribution < -0.4 is 5.19 Å². The molecule has 0 atom stereocenters. The summed E-state index contributed by atoms with van der Waals surface area (Å²) in [4.78, 5) is 0. The lowest BCUT2D eigenvalue weighted by molar-refractivity contribution is 1.08. The molecule has 0 bridgehead atoms. The summed E-state index contributed by atoms with van der Waals surface area (Å²) in [5.74, 6) is 0. The van der Waals surface area contributed by atoms with Crippen molar-refractivity contribution in [2.24, 2.45) is 0 Å². The third-order valence-electron chi connectivity index (χ3n) is 1.86. The molecule has 1 heterocycles. The molecule has 3 heteroatoms. The molecular formula is C8H14NSi2. The fraction of sp³-hybridized carbons (Fsp3) is 0.500. The number of hydrogen-bond acceptors (Lipinski definition) is 0. The summed E-state index contributed by atoms with van der Waals surface area (Å²) < 4.78 is 2.40. The molecule has 0 N–H and O–H groups in total. The van der Waals surface area contributed by atoms with Crippen LogP contribution in [0.2, 0.25) is 19.6 Å². The normalized spacial score (nSPS) is 12.1. The van der Waals surface area contributed by atoms with Crippen molar-refractivity contribution in [3.63, 3.8) is 0 Å². The highest BCUT2D eigenvalue weighted by molar-refractivity contribution is 6.74. The molecule has 0 aliphatic rings. The number of rotatable bonds is 1. The number of hydrogen-bond donors (Lipinski definition) is 0. The fourth-order valence-electron chi connectivity index (χ4n) is 1.24. The Kier molecular flexibility index (Phi) is 2.11. The standard InChI is InChI=1S/C8H14NSi2/c1-7-8(10)5-6-9(7)11(2,3)4/h5-6H,1-4H3. The molecule has 0 saturated carbocycles. The van der Waals surface area contributed by atoms with Crippen LogP contribution in [-0.2, 0) is 0 Å². The summed E-state index contributed by atoms with van der Waals surface area (Å²) in [7, 11) is 2.39. The summed E-state index contributed by atoms with van der Waals surface area (Å²) in [6, 6.07) is 2.12. The third-order valence-corrected chi connectivity index (χ3v) is 4.32. The van der Waals surface area contributed by atoms with Crippen molar-refractivity contribution in [1.29, 1.82) is 0 Å². The Morgan fingerprint density at radius 3 is 2.09 bits per heavy atom. The predicted molar refractivity (Wildman–Crippen MR) is 53.3 cm³/mol. The molecule has 0 amide bonds. The Morgan fingerprint density at radius 1 is 1.36 bits per heavy atom. The van der Waals surface area contributed by atoms with E-state index in [1.54, 1.807) is 0 Å². The van der Waals surface area contributed by atoms with E-state index in [2.05, 4.69) is 53.3 Å². The van der Waals surface area contributed by atoms with Gasteiger partial charge in [0.1, 0.15) is 0 Å². The molecule has 0 fully saturated rings. The van der Waals surface area contributed by atoms with E-state index in [0.29, 0.717) is 0 Å². The molecule has 3 radical (unpaired) electrons. The van der Waals surface area contributed by atoms with E-state index in [1.807, 2.05) is 0 Å². The maximum atomic E-state index is 3.56. The van der Waals surface area contributed by atoms with E-state index in [9.17, 15) is 0 Å². The van der Waals surface area contributed by atoms with Gasteiger partial charge in [-0.1, -0.05) is 19.6 Å². The summed E-state index contributed by atoms with van der Waals surface area (Å²) in [5.41, 5.74) is 1.35. The Morgan fingerprint density at radius 2 is 1.91 bits per heavy atom. The van der Waals surface area contributed by atoms with Crippen LogP contribution in [0.3, 0.4) is 0 Å². The summed E-state index contributed by atoms with van der Waals surface area (Å²) >= 11 is 0. The Bertz CT molecular complexity index is 258. The second-order valence-corrected chi connectivity index (χ2v) is 9.22. The number of aromatic nitrogens is 1. The first kappa shape index (κ1) is 8.81. The van der Waals surface area contributed by atoms with Crippen LogP contribution in [0.5, 0.6) is 0 Å². The molecule has 59 valence electrons. The zero-order chi connectivity index (χ0) is 8.65. The molecular weight excluding hydrogens is 166 g/mol. The molecule has 0 aliphatic carbocycles. The first-order valence-corrected chi connectivity index (χ1v) is 7.77. The first-order chi connectivity index (χ1) is 4.93. The summed E-state index contributed by atoms with van der Waals surface area (Å²) in [6.45, 7) is 9.17. The molecule has 0 saturated heterocycles. The van der Waals surface area contributed by atoms with Gasteiger partial charge in [0.2, 0.25) is 0 Å². The van der Waals surface area contributed by atoms with E-state index < -0.39 is 8.24 Å². The van der Waals surface area contributed by atoms with Crippen LogP contribution in [0.15, 0.2) is 12.3 Å². The van der Waals surface area contributed by atoms with Crippen LogP contribution in [0.4, 0.5) is 0 Å². The van der Waals surface area contributed by atoms with Crippen molar-refractivity contribution >= 4 is 23.7 Å². The van der Waals surface area contributed by atoms with Gasteiger partial charge in [-0.15, -0.1) is 0 Å². The maximum Gasteiger partial charge on any atom is 0.152 e. The minimum Gasteiger partial charge on any atom is -0.379 e. The topological polar surface area (TPSA) is 4.93 Å². The number of nitrogens with zero attached hydrogens (tertiary/aromatic N) is 1. The molecule has 1 nitrogen and oxygen atoms in total. The highest BCUT2D eigenvalue weighted by Crippen LogP contribution is 2.08. The van der Waals surface area contributed by atoms with Crippen molar-refractivity contribution in [3.05, 3.63) is 18.0 Å². The Hall–Kier alpha value is -0.286. The van der Waals surface area contributed by atoms with Crippen LogP contribution in [0, 0.1) is 6.92 Å². The molecule has 1 aromatic rings. The summed E-state index contributed by atoms with van der Waals surface area (Å²) in [5, 5.41) is 1.22. The quantitative estimate of drug-likeness (QED) is 0.574. The lowest BCUT2D eigenvalue weighted by Gasteiger charge is -2.21. The van der Waals surface area contributed by atoms with Gasteiger partial charge in [-0.3, -0.25) is 0 Å². The van der Waals surface area contributed by atoms with Gasteiger partial charge in [-0.2, -0.15) is 0 Å². The minimum atomic E-state index is -1.17. The SMILES string of the molecule is Cc1c([Si])ccn1[Si](C)(C)C. The smallest absolute Gasteiger partial charge is 0.152 e. The second kappa shape index (κ2) is 2.64. The van der Waals surface area contributed by atoms with Gasteiger partial charge in [0.05, 0.1) is 10.2 Å². The van der Waals surface area contributed by atoms with Crippen molar-refractivity contribution in [1.82, 2.24) is 4.23 Å². The molecule has 11 heavy (non-hydrogen) atoms. The molecule has 0 aromatic carbocycles. The molecule has 0 aliphatic heterocycles. The monoisotopic (exact) mass is 180 g/mol. The van der Waals surface area contributed by atoms with Gasteiger partial charge in [-0.05, 0) is 24.4 Å². The zero-order valence-electron chi connectivity index (χ0n) is 7.60. The van der Waals surface area contributed by atoms with Crippen LogP contribution in [-0.4, -0.2) is 22.7 Å². The lowest BCUT2D eigenvalue weighted by Crippen LogP contribution is -2.33. The molecule has 0 spiro atoms. The lowest BCUT2D eigenvalue weighted by atomic mass is 10.5. The highest BCUT2D eigenvalue weighted by Gasteiger charge is 2.17. The van der Waals surface area contributed by atoms with Gasteiger partial charge in [0.15, 0.2) is 8.24 Å². The highest BCUT2D eigenvalue weighted by atomic mass is 28.3. The zero-order valence-corrected chi connectivity index (χ0v) is 9.60. The van der Waals surface area contributed by atoms with Crippen molar-refractivity contribution < 1.29 is 0 Å². The van der Waals surface area contributed by atoms with Gasteiger partial charge < -0.3 is 4.23 Å². The van der Waals surface area contributed by atoms with Crippen molar-refractivity contribution in [2.75, 3.05) is 0 Å². The van der Waals surface area contributed by atoms with Crippen molar-refractivity contribution in [2.45, 2.75) is 26.6 Å². The average molecular weight is 180 g/mol. The van der Waals surface area contributed by atoms with Gasteiger partial charge in [-0.25, -0.2) is 0 Å². The molecule has 1 aromatic heterocycles. The molecule has 1 rings (SSSR count). The van der Waals surface area contributed by atoms with E-state index >= 15 is 0 Å². The van der Waals surface area contributed by atoms with E-state index in [4.69, 9.17) is 0 Å². The van der Waals surface area contributed by atoms with Gasteiger partial charge in [0, 0.05) is 5.69 Å². The van der Waals surface area contributed by atoms with E-state index in [0.717, 1.165) is 0 Å². The average Bonchev–Trinajstić information content (AvgIpc) is 2.11. The third kappa shape index (κ3) is 1.65. The van der Waals surface area contributed by atoms with Crippen LogP contribution in [0.1, 0.15) is 5.69 Å². The van der Waals surface area contributed by atoms with E-state index in [1.165, 1.54) is 10.9 Å². The minimum absolute atomic E-state index is 1.17. The maximum absolute atomic E-state index is 3.56. The Labute approximate surface area is 72.9 Å². The Balaban J connectivity index is 3.15. The first-order valence-electron chi connectivity index (χ1n) is 3.83. The molecule has 0 unspecified atom stereocenters. The van der Waals surface area contributed by atoms with Crippen LogP contribution in [0.25, 0.3) is 0 Å². The van der Waals surface area contributed by atoms with Gasteiger partial charge >= 0.3 is 0 Å².